The molecular formula is C26H33ClN2O6. The van der Waals surface area contributed by atoms with Crippen LogP contribution in [0, 0.1) is 24.7 Å². The van der Waals surface area contributed by atoms with Crippen LogP contribution in [0.2, 0.25) is 5.02 Å². The van der Waals surface area contributed by atoms with Crippen LogP contribution in [0.25, 0.3) is 0 Å². The molecule has 4 rings (SSSR count). The van der Waals surface area contributed by atoms with Crippen molar-refractivity contribution >= 4 is 35.1 Å². The van der Waals surface area contributed by atoms with Crippen molar-refractivity contribution in [3.63, 3.8) is 0 Å². The fourth-order valence-electron chi connectivity index (χ4n) is 6.53. The van der Waals surface area contributed by atoms with Crippen LogP contribution in [0.5, 0.6) is 0 Å². The van der Waals surface area contributed by atoms with Crippen molar-refractivity contribution in [3.05, 3.63) is 41.4 Å². The molecule has 6 atom stereocenters. The molecule has 3 aliphatic rings. The average molecular weight is 505 g/mol. The second kappa shape index (κ2) is 8.91. The summed E-state index contributed by atoms with van der Waals surface area (Å²) in [6, 6.07) is 3.53. The largest absolute Gasteiger partial charge is 0.481 e. The SMILES string of the molecule is C=CCN(C(=O)C1N([C@@H](CO)C(C)C)C(=O)[C@@H]2[C@H](C(=O)O)[C@]3(C)CCC12O3)c1c(C)cccc1Cl. The molecule has 35 heavy (non-hydrogen) atoms. The van der Waals surface area contributed by atoms with Crippen LogP contribution < -0.4 is 4.90 Å². The topological polar surface area (TPSA) is 107 Å². The number of halogens is 1. The Morgan fingerprint density at radius 2 is 2.06 bits per heavy atom. The summed E-state index contributed by atoms with van der Waals surface area (Å²) in [4.78, 5) is 43.7. The van der Waals surface area contributed by atoms with Gasteiger partial charge in [-0.15, -0.1) is 6.58 Å². The van der Waals surface area contributed by atoms with Crippen molar-refractivity contribution in [2.75, 3.05) is 18.1 Å². The van der Waals surface area contributed by atoms with Crippen molar-refractivity contribution < 1.29 is 29.3 Å². The van der Waals surface area contributed by atoms with Crippen LogP contribution in [0.4, 0.5) is 5.69 Å². The van der Waals surface area contributed by atoms with Crippen molar-refractivity contribution in [3.8, 4) is 0 Å². The highest BCUT2D eigenvalue weighted by atomic mass is 35.5. The lowest BCUT2D eigenvalue weighted by molar-refractivity contribution is -0.156. The smallest absolute Gasteiger partial charge is 0.310 e. The van der Waals surface area contributed by atoms with Gasteiger partial charge in [0.25, 0.3) is 5.91 Å². The van der Waals surface area contributed by atoms with E-state index in [1.807, 2.05) is 26.8 Å². The number of nitrogens with zero attached hydrogens (tertiary/aromatic N) is 2. The monoisotopic (exact) mass is 504 g/mol. The number of anilines is 1. The predicted molar refractivity (Wildman–Crippen MR) is 131 cm³/mol. The molecule has 3 heterocycles. The third-order valence-corrected chi connectivity index (χ3v) is 8.37. The van der Waals surface area contributed by atoms with E-state index in [9.17, 15) is 24.6 Å². The highest BCUT2D eigenvalue weighted by Crippen LogP contribution is 2.63. The molecule has 8 nitrogen and oxygen atoms in total. The lowest BCUT2D eigenvalue weighted by Crippen LogP contribution is -2.60. The Labute approximate surface area is 210 Å². The van der Waals surface area contributed by atoms with Gasteiger partial charge in [0.05, 0.1) is 40.8 Å². The second-order valence-electron chi connectivity index (χ2n) is 10.4. The number of carbonyl (C=O) groups is 3. The molecule has 3 aliphatic heterocycles. The molecule has 2 N–H and O–H groups in total. The first-order valence-electron chi connectivity index (χ1n) is 12.0. The van der Waals surface area contributed by atoms with Gasteiger partial charge in [0.15, 0.2) is 0 Å². The Morgan fingerprint density at radius 3 is 2.60 bits per heavy atom. The molecule has 2 bridgehead atoms. The maximum Gasteiger partial charge on any atom is 0.310 e. The van der Waals surface area contributed by atoms with Gasteiger partial charge in [-0.25, -0.2) is 0 Å². The van der Waals surface area contributed by atoms with Crippen LogP contribution in [-0.2, 0) is 19.1 Å². The lowest BCUT2D eigenvalue weighted by atomic mass is 9.66. The Kier molecular flexibility index (Phi) is 6.53. The van der Waals surface area contributed by atoms with Crippen molar-refractivity contribution in [1.29, 1.82) is 0 Å². The molecule has 3 saturated heterocycles. The van der Waals surface area contributed by atoms with Gasteiger partial charge >= 0.3 is 5.97 Å². The normalized spacial score (nSPS) is 32.1. The molecular weight excluding hydrogens is 472 g/mol. The minimum absolute atomic E-state index is 0.133. The van der Waals surface area contributed by atoms with Gasteiger partial charge in [-0.2, -0.15) is 0 Å². The number of aliphatic hydroxyl groups excluding tert-OH is 1. The summed E-state index contributed by atoms with van der Waals surface area (Å²) >= 11 is 6.53. The van der Waals surface area contributed by atoms with E-state index in [-0.39, 0.29) is 19.1 Å². The van der Waals surface area contributed by atoms with E-state index in [2.05, 4.69) is 6.58 Å². The number of benzene rings is 1. The maximum atomic E-state index is 14.5. The van der Waals surface area contributed by atoms with Crippen LogP contribution in [0.15, 0.2) is 30.9 Å². The van der Waals surface area contributed by atoms with Gasteiger partial charge in [0.2, 0.25) is 5.91 Å². The summed E-state index contributed by atoms with van der Waals surface area (Å²) in [6.45, 7) is 10.8. The fraction of sp³-hybridized carbons (Fsp3) is 0.577. The molecule has 2 amide bonds. The van der Waals surface area contributed by atoms with Gasteiger partial charge in [-0.3, -0.25) is 14.4 Å². The van der Waals surface area contributed by atoms with Gasteiger partial charge < -0.3 is 24.7 Å². The molecule has 1 aromatic rings. The Hall–Kier alpha value is -2.42. The zero-order valence-electron chi connectivity index (χ0n) is 20.5. The van der Waals surface area contributed by atoms with Crippen LogP contribution in [-0.4, -0.2) is 69.3 Å². The molecule has 0 aliphatic carbocycles. The number of fused-ring (bicyclic) bond motifs is 1. The summed E-state index contributed by atoms with van der Waals surface area (Å²) in [5.41, 5.74) is -1.08. The minimum Gasteiger partial charge on any atom is -0.481 e. The van der Waals surface area contributed by atoms with Crippen molar-refractivity contribution in [2.45, 2.75) is 63.8 Å². The Morgan fingerprint density at radius 1 is 1.37 bits per heavy atom. The number of amides is 2. The summed E-state index contributed by atoms with van der Waals surface area (Å²) in [7, 11) is 0. The molecule has 0 saturated carbocycles. The van der Waals surface area contributed by atoms with E-state index in [0.29, 0.717) is 23.6 Å². The lowest BCUT2D eigenvalue weighted by Gasteiger charge is -2.41. The summed E-state index contributed by atoms with van der Waals surface area (Å²) in [5, 5.41) is 20.7. The molecule has 2 unspecified atom stereocenters. The van der Waals surface area contributed by atoms with E-state index in [0.717, 1.165) is 5.56 Å². The Bertz CT molecular complexity index is 1060. The third kappa shape index (κ3) is 3.60. The van der Waals surface area contributed by atoms with Crippen molar-refractivity contribution in [1.82, 2.24) is 4.90 Å². The standard InChI is InChI=1S/C26H33ClN2O6/c1-6-12-28(20-15(4)8-7-9-16(20)27)23(32)21-26-11-10-25(5,35-26)19(24(33)34)18(26)22(31)29(21)17(13-30)14(2)3/h6-9,14,17-19,21,30H,1,10-13H2,2-5H3,(H,33,34)/t17-,18-,19+,21?,25-,26?/m0/s1. The number of carboxylic acid groups (broad SMARTS) is 1. The second-order valence-corrected chi connectivity index (χ2v) is 10.9. The number of aryl methyl sites for hydroxylation is 1. The number of para-hydroxylation sites is 1. The number of aliphatic hydroxyl groups is 1. The van der Waals surface area contributed by atoms with Gasteiger partial charge in [-0.1, -0.05) is 43.7 Å². The number of hydrogen-bond acceptors (Lipinski definition) is 5. The third-order valence-electron chi connectivity index (χ3n) is 8.06. The predicted octanol–water partition coefficient (Wildman–Crippen LogP) is 3.03. The average Bonchev–Trinajstić information content (AvgIpc) is 3.34. The first-order chi connectivity index (χ1) is 16.4. The molecule has 1 spiro atoms. The quantitative estimate of drug-likeness (QED) is 0.527. The highest BCUT2D eigenvalue weighted by molar-refractivity contribution is 6.34. The minimum atomic E-state index is -1.30. The molecule has 9 heteroatoms. The Balaban J connectivity index is 1.91. The van der Waals surface area contributed by atoms with Crippen LogP contribution in [0.1, 0.15) is 39.2 Å². The highest BCUT2D eigenvalue weighted by Gasteiger charge is 2.79. The number of aliphatic carboxylic acids is 1. The molecule has 1 aromatic carbocycles. The zero-order chi connectivity index (χ0) is 25.9. The molecule has 0 aromatic heterocycles. The first kappa shape index (κ1) is 25.7. The van der Waals surface area contributed by atoms with Gasteiger partial charge in [0.1, 0.15) is 11.6 Å². The zero-order valence-corrected chi connectivity index (χ0v) is 21.3. The van der Waals surface area contributed by atoms with Crippen molar-refractivity contribution in [2.24, 2.45) is 17.8 Å². The molecule has 3 fully saturated rings. The van der Waals surface area contributed by atoms with E-state index >= 15 is 0 Å². The van der Waals surface area contributed by atoms with Crippen LogP contribution in [0.3, 0.4) is 0 Å². The first-order valence-corrected chi connectivity index (χ1v) is 12.4. The molecule has 190 valence electrons. The maximum absolute atomic E-state index is 14.5. The summed E-state index contributed by atoms with van der Waals surface area (Å²) in [5.74, 6) is -4.27. The number of rotatable bonds is 8. The number of likely N-dealkylation sites (tertiary alicyclic amines) is 1. The number of carboxylic acids is 1. The van der Waals surface area contributed by atoms with E-state index < -0.39 is 52.9 Å². The number of carbonyl (C=O) groups excluding carboxylic acids is 2. The van der Waals surface area contributed by atoms with E-state index in [1.54, 1.807) is 25.1 Å². The summed E-state index contributed by atoms with van der Waals surface area (Å²) in [6.07, 6.45) is 2.37. The molecule has 0 radical (unpaired) electrons. The fourth-order valence-corrected chi connectivity index (χ4v) is 6.85. The number of hydrogen-bond donors (Lipinski definition) is 2. The van der Waals surface area contributed by atoms with Crippen LogP contribution >= 0.6 is 11.6 Å². The number of ether oxygens (including phenoxy) is 1. The summed E-state index contributed by atoms with van der Waals surface area (Å²) < 4.78 is 6.45. The van der Waals surface area contributed by atoms with Gasteiger partial charge in [-0.05, 0) is 44.2 Å². The van der Waals surface area contributed by atoms with E-state index in [1.165, 1.54) is 9.80 Å². The van der Waals surface area contributed by atoms with Gasteiger partial charge in [0, 0.05) is 6.54 Å². The van der Waals surface area contributed by atoms with E-state index in [4.69, 9.17) is 16.3 Å².